The average molecular weight is 457 g/mol. The maximum atomic E-state index is 13.5. The lowest BCUT2D eigenvalue weighted by Gasteiger charge is -2.13. The molecule has 0 saturated carbocycles. The van der Waals surface area contributed by atoms with Crippen molar-refractivity contribution in [3.63, 3.8) is 0 Å². The summed E-state index contributed by atoms with van der Waals surface area (Å²) in [5.41, 5.74) is 3.23. The molecule has 0 aliphatic heterocycles. The zero-order valence-corrected chi connectivity index (χ0v) is 19.3. The highest BCUT2D eigenvalue weighted by atomic mass is 16.2. The Bertz CT molecular complexity index is 1570. The smallest absolute Gasteiger partial charge is 0.272 e. The Labute approximate surface area is 203 Å². The first-order chi connectivity index (χ1) is 17.1. The number of aryl methyl sites for hydroxylation is 1. The molecule has 0 bridgehead atoms. The van der Waals surface area contributed by atoms with E-state index in [1.54, 1.807) is 18.2 Å². The van der Waals surface area contributed by atoms with Crippen molar-refractivity contribution < 1.29 is 9.59 Å². The predicted molar refractivity (Wildman–Crippen MR) is 143 cm³/mol. The number of amides is 2. The highest BCUT2D eigenvalue weighted by Crippen LogP contribution is 2.25. The van der Waals surface area contributed by atoms with Crippen molar-refractivity contribution in [3.8, 4) is 0 Å². The minimum atomic E-state index is -0.394. The average Bonchev–Trinajstić information content (AvgIpc) is 2.89. The first kappa shape index (κ1) is 22.1. The molecule has 4 nitrogen and oxygen atoms in total. The van der Waals surface area contributed by atoms with E-state index in [9.17, 15) is 9.59 Å². The molecule has 170 valence electrons. The summed E-state index contributed by atoms with van der Waals surface area (Å²) in [6, 6.07) is 34.7. The molecule has 2 N–H and O–H groups in total. The van der Waals surface area contributed by atoms with Gasteiger partial charge in [-0.05, 0) is 52.9 Å². The van der Waals surface area contributed by atoms with Gasteiger partial charge in [0, 0.05) is 16.6 Å². The van der Waals surface area contributed by atoms with Crippen LogP contribution in [0, 0.1) is 6.92 Å². The lowest BCUT2D eigenvalue weighted by atomic mass is 10.0. The molecule has 2 amide bonds. The highest BCUT2D eigenvalue weighted by molar-refractivity contribution is 6.14. The SMILES string of the molecule is Cc1ccc(C(=O)NC(=Cc2cccc3ccccc23)C(=O)Nc2cccc3ccccc23)cc1. The van der Waals surface area contributed by atoms with Crippen molar-refractivity contribution in [2.75, 3.05) is 5.32 Å². The Morgan fingerprint density at radius 2 is 1.26 bits per heavy atom. The van der Waals surface area contributed by atoms with Gasteiger partial charge in [0.25, 0.3) is 11.8 Å². The van der Waals surface area contributed by atoms with E-state index in [1.807, 2.05) is 104 Å². The summed E-state index contributed by atoms with van der Waals surface area (Å²) in [5.74, 6) is -0.737. The fraction of sp³-hybridized carbons (Fsp3) is 0.0323. The van der Waals surface area contributed by atoms with Crippen LogP contribution in [0.25, 0.3) is 27.6 Å². The number of fused-ring (bicyclic) bond motifs is 2. The molecule has 0 saturated heterocycles. The normalized spacial score (nSPS) is 11.4. The standard InChI is InChI=1S/C31H24N2O2/c1-21-16-18-24(19-17-21)30(34)33-29(20-25-12-6-10-22-8-2-4-13-26(22)25)31(35)32-28-15-7-11-23-9-3-5-14-27(23)28/h2-20H,1H3,(H,32,35)(H,33,34). The first-order valence-corrected chi connectivity index (χ1v) is 11.4. The van der Waals surface area contributed by atoms with Gasteiger partial charge in [0.15, 0.2) is 0 Å². The van der Waals surface area contributed by atoms with Crippen LogP contribution in [-0.2, 0) is 4.79 Å². The molecule has 0 heterocycles. The molecule has 35 heavy (non-hydrogen) atoms. The summed E-state index contributed by atoms with van der Waals surface area (Å²) in [6.07, 6.45) is 1.73. The molecule has 0 unspecified atom stereocenters. The molecule has 5 aromatic rings. The zero-order chi connectivity index (χ0) is 24.2. The van der Waals surface area contributed by atoms with Crippen LogP contribution in [0.2, 0.25) is 0 Å². The van der Waals surface area contributed by atoms with Crippen molar-refractivity contribution in [2.24, 2.45) is 0 Å². The lowest BCUT2D eigenvalue weighted by molar-refractivity contribution is -0.113. The Morgan fingerprint density at radius 1 is 0.657 bits per heavy atom. The van der Waals surface area contributed by atoms with Crippen LogP contribution >= 0.6 is 0 Å². The number of carbonyl (C=O) groups excluding carboxylic acids is 2. The number of nitrogens with one attached hydrogen (secondary N) is 2. The predicted octanol–water partition coefficient (Wildman–Crippen LogP) is 6.71. The summed E-state index contributed by atoms with van der Waals surface area (Å²) in [6.45, 7) is 1.96. The Morgan fingerprint density at radius 3 is 2.00 bits per heavy atom. The van der Waals surface area contributed by atoms with Crippen LogP contribution in [0.4, 0.5) is 5.69 Å². The van der Waals surface area contributed by atoms with Crippen molar-refractivity contribution >= 4 is 45.1 Å². The number of rotatable bonds is 5. The minimum Gasteiger partial charge on any atom is -0.320 e. The van der Waals surface area contributed by atoms with E-state index < -0.39 is 5.91 Å². The minimum absolute atomic E-state index is 0.167. The molecule has 0 fully saturated rings. The van der Waals surface area contributed by atoms with Gasteiger partial charge in [0.1, 0.15) is 5.70 Å². The summed E-state index contributed by atoms with van der Waals surface area (Å²) in [7, 11) is 0. The van der Waals surface area contributed by atoms with Gasteiger partial charge in [-0.1, -0.05) is 96.6 Å². The molecule has 0 radical (unpaired) electrons. The molecule has 0 atom stereocenters. The van der Waals surface area contributed by atoms with Crippen molar-refractivity contribution in [2.45, 2.75) is 6.92 Å². The fourth-order valence-corrected chi connectivity index (χ4v) is 4.11. The third kappa shape index (κ3) is 4.82. The van der Waals surface area contributed by atoms with E-state index in [2.05, 4.69) is 10.6 Å². The van der Waals surface area contributed by atoms with Crippen molar-refractivity contribution in [1.82, 2.24) is 5.32 Å². The first-order valence-electron chi connectivity index (χ1n) is 11.4. The second-order valence-corrected chi connectivity index (χ2v) is 8.43. The van der Waals surface area contributed by atoms with Gasteiger partial charge in [-0.2, -0.15) is 0 Å². The molecule has 0 aromatic heterocycles. The number of carbonyl (C=O) groups is 2. The summed E-state index contributed by atoms with van der Waals surface area (Å²) in [4.78, 5) is 26.6. The van der Waals surface area contributed by atoms with E-state index in [1.165, 1.54) is 0 Å². The molecule has 0 aliphatic rings. The molecule has 0 spiro atoms. The maximum Gasteiger partial charge on any atom is 0.272 e. The van der Waals surface area contributed by atoms with Gasteiger partial charge >= 0.3 is 0 Å². The molecular formula is C31H24N2O2. The quantitative estimate of drug-likeness (QED) is 0.289. The second-order valence-electron chi connectivity index (χ2n) is 8.43. The Kier molecular flexibility index (Phi) is 6.10. The fourth-order valence-electron chi connectivity index (χ4n) is 4.11. The third-order valence-corrected chi connectivity index (χ3v) is 5.97. The van der Waals surface area contributed by atoms with Crippen LogP contribution in [0.5, 0.6) is 0 Å². The van der Waals surface area contributed by atoms with Crippen molar-refractivity contribution in [3.05, 3.63) is 132 Å². The van der Waals surface area contributed by atoms with Crippen LogP contribution in [0.3, 0.4) is 0 Å². The van der Waals surface area contributed by atoms with Gasteiger partial charge in [-0.15, -0.1) is 0 Å². The molecule has 4 heteroatoms. The van der Waals surface area contributed by atoms with E-state index in [4.69, 9.17) is 0 Å². The Balaban J connectivity index is 1.54. The van der Waals surface area contributed by atoms with E-state index in [-0.39, 0.29) is 11.6 Å². The van der Waals surface area contributed by atoms with Crippen molar-refractivity contribution in [1.29, 1.82) is 0 Å². The maximum absolute atomic E-state index is 13.5. The molecule has 5 rings (SSSR count). The van der Waals surface area contributed by atoms with Gasteiger partial charge < -0.3 is 10.6 Å². The second kappa shape index (κ2) is 9.65. The van der Waals surface area contributed by atoms with Gasteiger partial charge in [-0.25, -0.2) is 0 Å². The van der Waals surface area contributed by atoms with Crippen LogP contribution in [0.15, 0.2) is 115 Å². The number of hydrogen-bond donors (Lipinski definition) is 2. The summed E-state index contributed by atoms with van der Waals surface area (Å²) >= 11 is 0. The lowest BCUT2D eigenvalue weighted by Crippen LogP contribution is -2.30. The van der Waals surface area contributed by atoms with Gasteiger partial charge in [0.2, 0.25) is 0 Å². The van der Waals surface area contributed by atoms with E-state index in [0.29, 0.717) is 11.3 Å². The highest BCUT2D eigenvalue weighted by Gasteiger charge is 2.16. The monoisotopic (exact) mass is 456 g/mol. The van der Waals surface area contributed by atoms with Crippen LogP contribution < -0.4 is 10.6 Å². The van der Waals surface area contributed by atoms with Gasteiger partial charge in [-0.3, -0.25) is 9.59 Å². The van der Waals surface area contributed by atoms with Gasteiger partial charge in [0.05, 0.1) is 0 Å². The van der Waals surface area contributed by atoms with Crippen LogP contribution in [0.1, 0.15) is 21.5 Å². The molecule has 5 aromatic carbocycles. The molecule has 0 aliphatic carbocycles. The van der Waals surface area contributed by atoms with E-state index >= 15 is 0 Å². The van der Waals surface area contributed by atoms with E-state index in [0.717, 1.165) is 32.7 Å². The largest absolute Gasteiger partial charge is 0.320 e. The van der Waals surface area contributed by atoms with Crippen LogP contribution in [-0.4, -0.2) is 11.8 Å². The number of benzene rings is 5. The summed E-state index contributed by atoms with van der Waals surface area (Å²) < 4.78 is 0. The summed E-state index contributed by atoms with van der Waals surface area (Å²) in [5, 5.41) is 9.84. The topological polar surface area (TPSA) is 58.2 Å². The zero-order valence-electron chi connectivity index (χ0n) is 19.3. The number of hydrogen-bond acceptors (Lipinski definition) is 2. The third-order valence-electron chi connectivity index (χ3n) is 5.97. The number of anilines is 1. The molecular weight excluding hydrogens is 432 g/mol. The Hall–Kier alpha value is -4.70.